The molecule has 1 unspecified atom stereocenters. The summed E-state index contributed by atoms with van der Waals surface area (Å²) in [5.74, 6) is -2.19. The molecule has 2 aliphatic carbocycles. The number of hydrogen-bond donors (Lipinski definition) is 4. The highest BCUT2D eigenvalue weighted by Gasteiger charge is 2.48. The number of fused-ring (bicyclic) bond motifs is 3. The first kappa shape index (κ1) is 18.2. The summed E-state index contributed by atoms with van der Waals surface area (Å²) in [5.41, 5.74) is 0.636. The first-order valence-corrected chi connectivity index (χ1v) is 8.46. The molecule has 2 atom stereocenters. The molecule has 0 radical (unpaired) electrons. The van der Waals surface area contributed by atoms with Crippen molar-refractivity contribution in [2.45, 2.75) is 52.1 Å². The van der Waals surface area contributed by atoms with E-state index in [2.05, 4.69) is 0 Å². The summed E-state index contributed by atoms with van der Waals surface area (Å²) in [4.78, 5) is 25.2. The second kappa shape index (κ2) is 5.71. The van der Waals surface area contributed by atoms with E-state index in [1.807, 2.05) is 0 Å². The number of aliphatic hydroxyl groups is 1. The maximum atomic E-state index is 12.7. The van der Waals surface area contributed by atoms with Gasteiger partial charge in [-0.25, -0.2) is 0 Å². The van der Waals surface area contributed by atoms with Crippen LogP contribution in [0.25, 0.3) is 0 Å². The number of carbonyl (C=O) groups excluding carboxylic acids is 2. The Morgan fingerprint density at radius 3 is 2.27 bits per heavy atom. The van der Waals surface area contributed by atoms with Crippen LogP contribution in [0.5, 0.6) is 17.2 Å². The number of aromatic hydroxyl groups is 3. The Morgan fingerprint density at radius 2 is 1.69 bits per heavy atom. The number of aliphatic hydroxyl groups excluding tert-OH is 1. The average molecular weight is 358 g/mol. The van der Waals surface area contributed by atoms with Gasteiger partial charge in [0.1, 0.15) is 5.75 Å². The fourth-order valence-corrected chi connectivity index (χ4v) is 4.09. The average Bonchev–Trinajstić information content (AvgIpc) is 2.55. The van der Waals surface area contributed by atoms with E-state index in [-0.39, 0.29) is 35.3 Å². The van der Waals surface area contributed by atoms with Gasteiger partial charge in [-0.3, -0.25) is 9.59 Å². The molecule has 1 aromatic rings. The topological polar surface area (TPSA) is 115 Å². The van der Waals surface area contributed by atoms with E-state index in [4.69, 9.17) is 0 Å². The van der Waals surface area contributed by atoms with Crippen molar-refractivity contribution >= 4 is 11.6 Å². The molecule has 0 saturated heterocycles. The summed E-state index contributed by atoms with van der Waals surface area (Å²) in [6.07, 6.45) is 0.380. The van der Waals surface area contributed by atoms with Crippen LogP contribution in [0.2, 0.25) is 0 Å². The number of phenols is 3. The minimum absolute atomic E-state index is 0.0183. The van der Waals surface area contributed by atoms with E-state index in [1.54, 1.807) is 20.8 Å². The van der Waals surface area contributed by atoms with Crippen LogP contribution in [0.3, 0.4) is 0 Å². The summed E-state index contributed by atoms with van der Waals surface area (Å²) in [6.45, 7) is 6.62. The summed E-state index contributed by atoms with van der Waals surface area (Å²) in [5, 5.41) is 41.3. The van der Waals surface area contributed by atoms with Crippen molar-refractivity contribution in [1.29, 1.82) is 0 Å². The minimum atomic E-state index is -1.04. The molecule has 1 aromatic carbocycles. The maximum Gasteiger partial charge on any atom is 0.190 e. The summed E-state index contributed by atoms with van der Waals surface area (Å²) < 4.78 is 0. The fourth-order valence-electron chi connectivity index (χ4n) is 4.09. The Balaban J connectivity index is 2.38. The smallest absolute Gasteiger partial charge is 0.190 e. The highest BCUT2D eigenvalue weighted by Crippen LogP contribution is 2.56. The summed E-state index contributed by atoms with van der Waals surface area (Å²) in [6, 6.07) is 0. The Morgan fingerprint density at radius 1 is 1.08 bits per heavy atom. The zero-order valence-electron chi connectivity index (χ0n) is 15.2. The molecular weight excluding hydrogens is 336 g/mol. The standard InChI is InChI=1S/C20H22O6/c1-8(21)5-11-17(24)15-13(22)6-12-9(2)10(3)14(23)7-20(12,4)16(15)19(26)18(11)25/h6,8,21,24-26H,5,7H2,1-4H3/t8?,20-/m0/s1. The molecule has 2 aliphatic rings. The molecule has 0 aliphatic heterocycles. The van der Waals surface area contributed by atoms with Gasteiger partial charge in [0.25, 0.3) is 0 Å². The highest BCUT2D eigenvalue weighted by molar-refractivity contribution is 6.13. The number of ketones is 2. The second-order valence-corrected chi connectivity index (χ2v) is 7.43. The van der Waals surface area contributed by atoms with Crippen molar-refractivity contribution in [3.05, 3.63) is 39.5 Å². The van der Waals surface area contributed by atoms with Crippen LogP contribution in [0.4, 0.5) is 0 Å². The molecule has 0 aromatic heterocycles. The lowest BCUT2D eigenvalue weighted by molar-refractivity contribution is -0.116. The van der Waals surface area contributed by atoms with Crippen LogP contribution in [-0.2, 0) is 16.6 Å². The van der Waals surface area contributed by atoms with E-state index in [0.717, 1.165) is 0 Å². The van der Waals surface area contributed by atoms with Gasteiger partial charge in [-0.1, -0.05) is 6.92 Å². The Hall–Kier alpha value is -2.60. The Bertz CT molecular complexity index is 919. The van der Waals surface area contributed by atoms with Gasteiger partial charge in [-0.2, -0.15) is 0 Å². The maximum absolute atomic E-state index is 12.7. The number of allylic oxidation sites excluding steroid dienone is 4. The molecule has 6 nitrogen and oxygen atoms in total. The molecule has 4 N–H and O–H groups in total. The molecule has 0 fully saturated rings. The van der Waals surface area contributed by atoms with Crippen LogP contribution >= 0.6 is 0 Å². The van der Waals surface area contributed by atoms with Crippen LogP contribution in [-0.4, -0.2) is 38.1 Å². The first-order chi connectivity index (χ1) is 12.0. The molecule has 138 valence electrons. The van der Waals surface area contributed by atoms with Crippen molar-refractivity contribution < 1.29 is 30.0 Å². The monoisotopic (exact) mass is 358 g/mol. The van der Waals surface area contributed by atoms with Crippen molar-refractivity contribution in [1.82, 2.24) is 0 Å². The van der Waals surface area contributed by atoms with Crippen LogP contribution in [0, 0.1) is 0 Å². The number of benzene rings is 1. The molecule has 0 spiro atoms. The van der Waals surface area contributed by atoms with Crippen molar-refractivity contribution in [2.24, 2.45) is 0 Å². The first-order valence-electron chi connectivity index (χ1n) is 8.46. The van der Waals surface area contributed by atoms with Crippen LogP contribution < -0.4 is 0 Å². The molecule has 26 heavy (non-hydrogen) atoms. The van der Waals surface area contributed by atoms with E-state index in [0.29, 0.717) is 16.7 Å². The summed E-state index contributed by atoms with van der Waals surface area (Å²) >= 11 is 0. The molecule has 0 heterocycles. The predicted octanol–water partition coefficient (Wildman–Crippen LogP) is 2.42. The van der Waals surface area contributed by atoms with Crippen molar-refractivity contribution in [3.63, 3.8) is 0 Å². The highest BCUT2D eigenvalue weighted by atomic mass is 16.3. The number of carbonyl (C=O) groups is 2. The Kier molecular flexibility index (Phi) is 3.99. The van der Waals surface area contributed by atoms with Gasteiger partial charge in [0.2, 0.25) is 0 Å². The van der Waals surface area contributed by atoms with E-state index < -0.39 is 34.6 Å². The molecule has 0 amide bonds. The van der Waals surface area contributed by atoms with Crippen molar-refractivity contribution in [3.8, 4) is 17.2 Å². The SMILES string of the molecule is CC1=C(C)C2=CC(=O)c3c(O)c(CC(C)O)c(O)c(O)c3[C@@]2(C)CC1=O. The zero-order valence-corrected chi connectivity index (χ0v) is 15.2. The molecule has 6 heteroatoms. The third-order valence-electron chi connectivity index (χ3n) is 5.59. The Labute approximate surface area is 151 Å². The van der Waals surface area contributed by atoms with Gasteiger partial charge >= 0.3 is 0 Å². The lowest BCUT2D eigenvalue weighted by atomic mass is 9.61. The van der Waals surface area contributed by atoms with E-state index >= 15 is 0 Å². The molecule has 0 saturated carbocycles. The third kappa shape index (κ3) is 2.29. The van der Waals surface area contributed by atoms with Gasteiger partial charge < -0.3 is 20.4 Å². The molecular formula is C20H22O6. The van der Waals surface area contributed by atoms with Gasteiger partial charge in [0.15, 0.2) is 23.1 Å². The lowest BCUT2D eigenvalue weighted by Crippen LogP contribution is -2.38. The number of Topliss-reactive ketones (excluding diaryl/α,β-unsaturated/α-hetero) is 1. The molecule has 3 rings (SSSR count). The second-order valence-electron chi connectivity index (χ2n) is 7.43. The van der Waals surface area contributed by atoms with Crippen molar-refractivity contribution in [2.75, 3.05) is 0 Å². The number of hydrogen-bond acceptors (Lipinski definition) is 6. The third-order valence-corrected chi connectivity index (χ3v) is 5.59. The fraction of sp³-hybridized carbons (Fsp3) is 0.400. The molecule has 0 bridgehead atoms. The van der Waals surface area contributed by atoms with Gasteiger partial charge in [-0.05, 0) is 43.6 Å². The quantitative estimate of drug-likeness (QED) is 0.477. The van der Waals surface area contributed by atoms with Gasteiger partial charge in [-0.15, -0.1) is 0 Å². The van der Waals surface area contributed by atoms with Crippen LogP contribution in [0.1, 0.15) is 55.6 Å². The van der Waals surface area contributed by atoms with Gasteiger partial charge in [0, 0.05) is 29.4 Å². The normalized spacial score (nSPS) is 23.5. The zero-order chi connectivity index (χ0) is 19.5. The van der Waals surface area contributed by atoms with Crippen LogP contribution in [0.15, 0.2) is 22.8 Å². The largest absolute Gasteiger partial charge is 0.507 e. The minimum Gasteiger partial charge on any atom is -0.507 e. The number of phenolic OH excluding ortho intramolecular Hbond substituents is 3. The predicted molar refractivity (Wildman–Crippen MR) is 94.6 cm³/mol. The van der Waals surface area contributed by atoms with E-state index in [9.17, 15) is 30.0 Å². The lowest BCUT2D eigenvalue weighted by Gasteiger charge is -2.41. The number of rotatable bonds is 2. The van der Waals surface area contributed by atoms with Gasteiger partial charge in [0.05, 0.1) is 11.7 Å². The van der Waals surface area contributed by atoms with E-state index in [1.165, 1.54) is 13.0 Å². The summed E-state index contributed by atoms with van der Waals surface area (Å²) in [7, 11) is 0.